The zero-order valence-electron chi connectivity index (χ0n) is 17.4. The van der Waals surface area contributed by atoms with E-state index < -0.39 is 11.2 Å². The first-order valence-corrected chi connectivity index (χ1v) is 10.3. The Balaban J connectivity index is 1.26. The molecule has 10 heteroatoms. The van der Waals surface area contributed by atoms with Crippen LogP contribution in [0.3, 0.4) is 0 Å². The highest BCUT2D eigenvalue weighted by Gasteiger charge is 2.21. The summed E-state index contributed by atoms with van der Waals surface area (Å²) in [5, 5.41) is 2.92. The van der Waals surface area contributed by atoms with Crippen LogP contribution in [0.15, 0.2) is 39.9 Å². The molecule has 1 aliphatic heterocycles. The Morgan fingerprint density at radius 3 is 2.87 bits per heavy atom. The molecule has 1 saturated heterocycles. The van der Waals surface area contributed by atoms with Crippen LogP contribution in [0.2, 0.25) is 0 Å². The average Bonchev–Trinajstić information content (AvgIpc) is 3.21. The molecular weight excluding hydrogens is 400 g/mol. The van der Waals surface area contributed by atoms with Crippen molar-refractivity contribution in [2.24, 2.45) is 7.05 Å². The van der Waals surface area contributed by atoms with Gasteiger partial charge in [0.25, 0.3) is 5.56 Å². The summed E-state index contributed by atoms with van der Waals surface area (Å²) in [5.74, 6) is 0.367. The molecule has 0 bridgehead atoms. The fourth-order valence-electron chi connectivity index (χ4n) is 3.71. The molecule has 3 heterocycles. The van der Waals surface area contributed by atoms with Gasteiger partial charge in [-0.2, -0.15) is 0 Å². The van der Waals surface area contributed by atoms with Crippen molar-refractivity contribution < 1.29 is 9.53 Å². The highest BCUT2D eigenvalue weighted by molar-refractivity contribution is 5.76. The van der Waals surface area contributed by atoms with Gasteiger partial charge in [-0.15, -0.1) is 0 Å². The van der Waals surface area contributed by atoms with E-state index in [1.165, 1.54) is 17.2 Å². The van der Waals surface area contributed by atoms with E-state index in [-0.39, 0.29) is 29.6 Å². The molecule has 10 nitrogen and oxygen atoms in total. The quantitative estimate of drug-likeness (QED) is 0.485. The summed E-state index contributed by atoms with van der Waals surface area (Å²) >= 11 is 0. The van der Waals surface area contributed by atoms with Crippen LogP contribution in [-0.2, 0) is 29.5 Å². The minimum Gasteiger partial charge on any atom is -0.374 e. The number of nitrogens with zero attached hydrogens (tertiary/aromatic N) is 3. The van der Waals surface area contributed by atoms with E-state index in [2.05, 4.69) is 37.3 Å². The zero-order valence-corrected chi connectivity index (χ0v) is 17.4. The number of fused-ring (bicyclic) bond motifs is 1. The Labute approximate surface area is 178 Å². The highest BCUT2D eigenvalue weighted by atomic mass is 16.5. The van der Waals surface area contributed by atoms with Crippen LogP contribution in [-0.4, -0.2) is 62.7 Å². The monoisotopic (exact) mass is 426 g/mol. The molecule has 0 aliphatic carbocycles. The zero-order chi connectivity index (χ0) is 21.8. The Kier molecular flexibility index (Phi) is 6.28. The standard InChI is InChI=1S/C21H26N6O4/c1-26-19-18(20(29)25-21(26)30)23-16(24-19)7-8-17(28)22-11-15-13-27(9-10-31-15)12-14-5-3-2-4-6-14/h2-6,15H,7-13H2,1H3,(H,22,28)(H,23,24)(H,25,29,30). The van der Waals surface area contributed by atoms with Gasteiger partial charge in [-0.1, -0.05) is 30.3 Å². The van der Waals surface area contributed by atoms with Crippen LogP contribution in [0.4, 0.5) is 0 Å². The van der Waals surface area contributed by atoms with Crippen molar-refractivity contribution in [3.63, 3.8) is 0 Å². The van der Waals surface area contributed by atoms with Crippen molar-refractivity contribution in [3.05, 3.63) is 62.6 Å². The number of morpholine rings is 1. The molecule has 0 spiro atoms. The predicted molar refractivity (Wildman–Crippen MR) is 115 cm³/mol. The summed E-state index contributed by atoms with van der Waals surface area (Å²) in [6, 6.07) is 10.3. The maximum Gasteiger partial charge on any atom is 0.329 e. The molecule has 0 radical (unpaired) electrons. The lowest BCUT2D eigenvalue weighted by atomic mass is 10.2. The second kappa shape index (κ2) is 9.27. The number of imidazole rings is 1. The normalized spacial score (nSPS) is 17.1. The molecular formula is C21H26N6O4. The summed E-state index contributed by atoms with van der Waals surface area (Å²) in [6.45, 7) is 3.57. The van der Waals surface area contributed by atoms with E-state index in [1.807, 2.05) is 18.2 Å². The minimum atomic E-state index is -0.526. The number of aryl methyl sites for hydroxylation is 2. The third kappa shape index (κ3) is 5.09. The van der Waals surface area contributed by atoms with E-state index in [4.69, 9.17) is 4.74 Å². The van der Waals surface area contributed by atoms with Crippen LogP contribution in [0.1, 0.15) is 17.8 Å². The van der Waals surface area contributed by atoms with Gasteiger partial charge in [-0.05, 0) is 5.56 Å². The molecule has 3 aromatic rings. The molecule has 1 unspecified atom stereocenters. The number of aromatic amines is 2. The number of hydrogen-bond acceptors (Lipinski definition) is 6. The Morgan fingerprint density at radius 1 is 1.26 bits per heavy atom. The van der Waals surface area contributed by atoms with Gasteiger partial charge in [0, 0.05) is 46.1 Å². The lowest BCUT2D eigenvalue weighted by Gasteiger charge is -2.33. The van der Waals surface area contributed by atoms with Gasteiger partial charge in [0.15, 0.2) is 5.65 Å². The first-order valence-electron chi connectivity index (χ1n) is 10.3. The number of hydrogen-bond donors (Lipinski definition) is 3. The van der Waals surface area contributed by atoms with Gasteiger partial charge < -0.3 is 15.0 Å². The fourth-order valence-corrected chi connectivity index (χ4v) is 3.71. The topological polar surface area (TPSA) is 125 Å². The highest BCUT2D eigenvalue weighted by Crippen LogP contribution is 2.10. The van der Waals surface area contributed by atoms with E-state index in [9.17, 15) is 14.4 Å². The maximum absolute atomic E-state index is 12.3. The Bertz CT molecular complexity index is 1170. The maximum atomic E-state index is 12.3. The number of amides is 1. The van der Waals surface area contributed by atoms with Crippen LogP contribution < -0.4 is 16.6 Å². The number of ether oxygens (including phenoxy) is 1. The van der Waals surface area contributed by atoms with Crippen LogP contribution >= 0.6 is 0 Å². The Morgan fingerprint density at radius 2 is 2.06 bits per heavy atom. The van der Waals surface area contributed by atoms with Crippen LogP contribution in [0.25, 0.3) is 11.2 Å². The summed E-state index contributed by atoms with van der Waals surface area (Å²) in [6.07, 6.45) is 0.493. The summed E-state index contributed by atoms with van der Waals surface area (Å²) in [4.78, 5) is 47.6. The molecule has 1 atom stereocenters. The molecule has 3 N–H and O–H groups in total. The number of H-pyrrole nitrogens is 2. The molecule has 164 valence electrons. The molecule has 1 aromatic carbocycles. The van der Waals surface area contributed by atoms with Gasteiger partial charge in [0.05, 0.1) is 12.7 Å². The second-order valence-electron chi connectivity index (χ2n) is 7.72. The van der Waals surface area contributed by atoms with E-state index in [1.54, 1.807) is 0 Å². The van der Waals surface area contributed by atoms with Gasteiger partial charge in [-0.3, -0.25) is 24.0 Å². The van der Waals surface area contributed by atoms with Gasteiger partial charge in [0.2, 0.25) is 5.91 Å². The fraction of sp³-hybridized carbons (Fsp3) is 0.429. The minimum absolute atomic E-state index is 0.0549. The van der Waals surface area contributed by atoms with Crippen molar-refractivity contribution in [2.45, 2.75) is 25.5 Å². The van der Waals surface area contributed by atoms with Crippen molar-refractivity contribution in [1.29, 1.82) is 0 Å². The number of benzene rings is 1. The number of nitrogens with one attached hydrogen (secondary N) is 3. The number of carbonyl (C=O) groups excluding carboxylic acids is 1. The van der Waals surface area contributed by atoms with Crippen LogP contribution in [0.5, 0.6) is 0 Å². The summed E-state index contributed by atoms with van der Waals surface area (Å²) < 4.78 is 7.05. The first-order chi connectivity index (χ1) is 15.0. The van der Waals surface area contributed by atoms with Gasteiger partial charge in [0.1, 0.15) is 11.3 Å². The third-order valence-electron chi connectivity index (χ3n) is 5.39. The SMILES string of the molecule is Cn1c(=O)[nH]c(=O)c2[nH]c(CCC(=O)NCC3CN(Cc4ccccc4)CCO3)nc21. The predicted octanol–water partition coefficient (Wildman–Crippen LogP) is -0.100. The van der Waals surface area contributed by atoms with Crippen molar-refractivity contribution in [1.82, 2.24) is 29.7 Å². The van der Waals surface area contributed by atoms with Gasteiger partial charge in [-0.25, -0.2) is 9.78 Å². The molecule has 2 aromatic heterocycles. The van der Waals surface area contributed by atoms with Crippen LogP contribution in [0, 0.1) is 0 Å². The summed E-state index contributed by atoms with van der Waals surface area (Å²) in [7, 11) is 1.53. The molecule has 0 saturated carbocycles. The lowest BCUT2D eigenvalue weighted by molar-refractivity contribution is -0.122. The number of aromatic nitrogens is 4. The lowest BCUT2D eigenvalue weighted by Crippen LogP contribution is -2.47. The average molecular weight is 426 g/mol. The smallest absolute Gasteiger partial charge is 0.329 e. The largest absolute Gasteiger partial charge is 0.374 e. The first kappa shape index (κ1) is 21.0. The molecule has 1 amide bonds. The van der Waals surface area contributed by atoms with Gasteiger partial charge >= 0.3 is 5.69 Å². The van der Waals surface area contributed by atoms with E-state index in [0.29, 0.717) is 25.4 Å². The number of rotatable bonds is 7. The molecule has 1 aliphatic rings. The second-order valence-corrected chi connectivity index (χ2v) is 7.72. The molecule has 4 rings (SSSR count). The van der Waals surface area contributed by atoms with Crippen molar-refractivity contribution in [2.75, 3.05) is 26.2 Å². The van der Waals surface area contributed by atoms with E-state index in [0.717, 1.165) is 19.6 Å². The summed E-state index contributed by atoms with van der Waals surface area (Å²) in [5.41, 5.74) is 0.720. The number of carbonyl (C=O) groups is 1. The van der Waals surface area contributed by atoms with E-state index >= 15 is 0 Å². The molecule has 31 heavy (non-hydrogen) atoms. The molecule has 1 fully saturated rings. The third-order valence-corrected chi connectivity index (χ3v) is 5.39. The van der Waals surface area contributed by atoms with Crippen molar-refractivity contribution in [3.8, 4) is 0 Å². The van der Waals surface area contributed by atoms with Crippen molar-refractivity contribution >= 4 is 17.1 Å². The Hall–Kier alpha value is -3.24.